The molecule has 0 aromatic heterocycles. The Kier molecular flexibility index (Phi) is 4.38. The Hall–Kier alpha value is -2.28. The first kappa shape index (κ1) is 15.6. The smallest absolute Gasteiger partial charge is 0.247 e. The summed E-state index contributed by atoms with van der Waals surface area (Å²) in [5.74, 6) is 1.23. The third kappa shape index (κ3) is 3.24. The van der Waals surface area contributed by atoms with Crippen molar-refractivity contribution < 1.29 is 19.1 Å². The number of carbonyl (C=O) groups excluding carboxylic acids is 2. The lowest BCUT2D eigenvalue weighted by Crippen LogP contribution is -2.43. The minimum absolute atomic E-state index is 0.160. The molecule has 1 aromatic carbocycles. The highest BCUT2D eigenvalue weighted by atomic mass is 16.5. The zero-order chi connectivity index (χ0) is 16.4. The Morgan fingerprint density at radius 2 is 2.22 bits per heavy atom. The van der Waals surface area contributed by atoms with Gasteiger partial charge in [-0.3, -0.25) is 9.59 Å². The largest absolute Gasteiger partial charge is 0.492 e. The van der Waals surface area contributed by atoms with E-state index >= 15 is 0 Å². The third-order valence-electron chi connectivity index (χ3n) is 4.16. The maximum atomic E-state index is 12.1. The second kappa shape index (κ2) is 6.45. The van der Waals surface area contributed by atoms with E-state index in [4.69, 9.17) is 15.2 Å². The first-order valence-electron chi connectivity index (χ1n) is 7.77. The van der Waals surface area contributed by atoms with E-state index < -0.39 is 6.04 Å². The molecule has 2 N–H and O–H groups in total. The Balaban J connectivity index is 1.66. The molecule has 124 valence electrons. The van der Waals surface area contributed by atoms with Gasteiger partial charge in [-0.25, -0.2) is 0 Å². The molecule has 2 heterocycles. The highest BCUT2D eigenvalue weighted by Gasteiger charge is 2.27. The number of ether oxygens (including phenoxy) is 2. The molecule has 1 saturated heterocycles. The van der Waals surface area contributed by atoms with Crippen molar-refractivity contribution in [3.05, 3.63) is 18.2 Å². The van der Waals surface area contributed by atoms with Gasteiger partial charge in [0.05, 0.1) is 12.2 Å². The number of likely N-dealkylation sites (N-methyl/N-ethyl adjacent to an activating group) is 1. The lowest BCUT2D eigenvalue weighted by Gasteiger charge is -2.19. The summed E-state index contributed by atoms with van der Waals surface area (Å²) in [6.45, 7) is 1.96. The van der Waals surface area contributed by atoms with Crippen LogP contribution in [0.5, 0.6) is 11.5 Å². The van der Waals surface area contributed by atoms with Crippen LogP contribution in [0.1, 0.15) is 12.8 Å². The molecule has 0 unspecified atom stereocenters. The van der Waals surface area contributed by atoms with E-state index in [1.807, 2.05) is 0 Å². The summed E-state index contributed by atoms with van der Waals surface area (Å²) in [4.78, 5) is 26.9. The van der Waals surface area contributed by atoms with Crippen LogP contribution in [0, 0.1) is 0 Å². The monoisotopic (exact) mass is 319 g/mol. The van der Waals surface area contributed by atoms with E-state index in [9.17, 15) is 9.59 Å². The van der Waals surface area contributed by atoms with Gasteiger partial charge in [0.25, 0.3) is 0 Å². The molecule has 0 spiro atoms. The van der Waals surface area contributed by atoms with Crippen molar-refractivity contribution >= 4 is 17.5 Å². The minimum Gasteiger partial charge on any atom is -0.492 e. The number of rotatable bonds is 4. The van der Waals surface area contributed by atoms with E-state index in [-0.39, 0.29) is 18.4 Å². The number of benzene rings is 1. The number of fused-ring (bicyclic) bond motifs is 1. The molecule has 2 amide bonds. The van der Waals surface area contributed by atoms with Crippen molar-refractivity contribution in [1.29, 1.82) is 0 Å². The van der Waals surface area contributed by atoms with Gasteiger partial charge in [0, 0.05) is 26.1 Å². The van der Waals surface area contributed by atoms with Gasteiger partial charge in [0.2, 0.25) is 11.8 Å². The number of likely N-dealkylation sites (tertiary alicyclic amines) is 1. The van der Waals surface area contributed by atoms with Crippen LogP contribution in [0.25, 0.3) is 0 Å². The molecule has 0 saturated carbocycles. The maximum Gasteiger partial charge on any atom is 0.247 e. The molecule has 2 aliphatic rings. The fraction of sp³-hybridized carbons (Fsp3) is 0.500. The number of nitrogens with two attached hydrogens (primary N) is 1. The van der Waals surface area contributed by atoms with E-state index in [0.29, 0.717) is 36.8 Å². The van der Waals surface area contributed by atoms with Crippen LogP contribution in [0.4, 0.5) is 5.69 Å². The van der Waals surface area contributed by atoms with Crippen molar-refractivity contribution in [1.82, 2.24) is 4.90 Å². The topological polar surface area (TPSA) is 85.1 Å². The molecule has 7 nitrogen and oxygen atoms in total. The van der Waals surface area contributed by atoms with E-state index in [2.05, 4.69) is 0 Å². The van der Waals surface area contributed by atoms with Gasteiger partial charge in [0.15, 0.2) is 0 Å². The van der Waals surface area contributed by atoms with Gasteiger partial charge in [-0.2, -0.15) is 0 Å². The van der Waals surface area contributed by atoms with Crippen molar-refractivity contribution in [2.45, 2.75) is 18.9 Å². The average molecular weight is 319 g/mol. The summed E-state index contributed by atoms with van der Waals surface area (Å²) in [5, 5.41) is 0. The molecule has 1 atom stereocenters. The lowest BCUT2D eigenvalue weighted by atomic mass is 10.2. The van der Waals surface area contributed by atoms with E-state index in [0.717, 1.165) is 13.0 Å². The molecule has 1 aromatic rings. The number of carbonyl (C=O) groups is 2. The molecule has 2 aliphatic heterocycles. The molecule has 0 bridgehead atoms. The normalized spacial score (nSPS) is 21.0. The van der Waals surface area contributed by atoms with Crippen LogP contribution in [-0.2, 0) is 9.59 Å². The van der Waals surface area contributed by atoms with Crippen LogP contribution in [0.15, 0.2) is 18.2 Å². The second-order valence-electron chi connectivity index (χ2n) is 5.78. The molecular formula is C16H21N3O4. The Labute approximate surface area is 134 Å². The summed E-state index contributed by atoms with van der Waals surface area (Å²) in [6.07, 6.45) is 1.55. The molecule has 1 fully saturated rings. The summed E-state index contributed by atoms with van der Waals surface area (Å²) in [7, 11) is 1.67. The van der Waals surface area contributed by atoms with E-state index in [1.165, 1.54) is 4.90 Å². The van der Waals surface area contributed by atoms with Crippen molar-refractivity contribution in [3.63, 3.8) is 0 Å². The minimum atomic E-state index is -0.669. The molecule has 3 rings (SSSR count). The fourth-order valence-corrected chi connectivity index (χ4v) is 2.80. The van der Waals surface area contributed by atoms with Crippen LogP contribution < -0.4 is 20.1 Å². The van der Waals surface area contributed by atoms with Crippen molar-refractivity contribution in [2.24, 2.45) is 5.73 Å². The highest BCUT2D eigenvalue weighted by molar-refractivity contribution is 5.98. The van der Waals surface area contributed by atoms with Crippen LogP contribution in [0.2, 0.25) is 0 Å². The summed E-state index contributed by atoms with van der Waals surface area (Å²) < 4.78 is 11.3. The lowest BCUT2D eigenvalue weighted by molar-refractivity contribution is -0.128. The number of amides is 2. The first-order valence-corrected chi connectivity index (χ1v) is 7.77. The van der Waals surface area contributed by atoms with Gasteiger partial charge in [-0.15, -0.1) is 0 Å². The van der Waals surface area contributed by atoms with Crippen LogP contribution in [-0.4, -0.2) is 56.1 Å². The molecule has 23 heavy (non-hydrogen) atoms. The second-order valence-corrected chi connectivity index (χ2v) is 5.78. The molecule has 0 radical (unpaired) electrons. The SMILES string of the molecule is CN1C(=O)[C@@H](N)COc2ccc(OCCN3CCCC3=O)cc21. The fourth-order valence-electron chi connectivity index (χ4n) is 2.80. The third-order valence-corrected chi connectivity index (χ3v) is 4.16. The number of hydrogen-bond acceptors (Lipinski definition) is 5. The van der Waals surface area contributed by atoms with Gasteiger partial charge in [0.1, 0.15) is 30.8 Å². The summed E-state index contributed by atoms with van der Waals surface area (Å²) in [6, 6.07) is 4.66. The first-order chi connectivity index (χ1) is 11.1. The van der Waals surface area contributed by atoms with Gasteiger partial charge in [-0.05, 0) is 18.6 Å². The summed E-state index contributed by atoms with van der Waals surface area (Å²) >= 11 is 0. The number of anilines is 1. The molecule has 0 aliphatic carbocycles. The zero-order valence-electron chi connectivity index (χ0n) is 13.2. The quantitative estimate of drug-likeness (QED) is 0.867. The van der Waals surface area contributed by atoms with Gasteiger partial charge >= 0.3 is 0 Å². The zero-order valence-corrected chi connectivity index (χ0v) is 13.2. The average Bonchev–Trinajstić information content (AvgIpc) is 2.92. The highest BCUT2D eigenvalue weighted by Crippen LogP contribution is 2.33. The number of nitrogens with zero attached hydrogens (tertiary/aromatic N) is 2. The van der Waals surface area contributed by atoms with E-state index in [1.54, 1.807) is 30.1 Å². The van der Waals surface area contributed by atoms with Crippen LogP contribution in [0.3, 0.4) is 0 Å². The standard InChI is InChI=1S/C16H21N3O4/c1-18-13-9-11(22-8-7-19-6-2-3-15(19)20)4-5-14(13)23-10-12(17)16(18)21/h4-5,9,12H,2-3,6-8,10,17H2,1H3/t12-/m0/s1. The van der Waals surface area contributed by atoms with Crippen LogP contribution >= 0.6 is 0 Å². The summed E-state index contributed by atoms with van der Waals surface area (Å²) in [5.41, 5.74) is 6.40. The van der Waals surface area contributed by atoms with Crippen molar-refractivity contribution in [3.8, 4) is 11.5 Å². The predicted molar refractivity (Wildman–Crippen MR) is 84.6 cm³/mol. The Morgan fingerprint density at radius 3 is 2.96 bits per heavy atom. The number of hydrogen-bond donors (Lipinski definition) is 1. The Morgan fingerprint density at radius 1 is 1.39 bits per heavy atom. The van der Waals surface area contributed by atoms with Crippen molar-refractivity contribution in [2.75, 3.05) is 38.3 Å². The maximum absolute atomic E-state index is 12.1. The molecular weight excluding hydrogens is 298 g/mol. The molecule has 7 heteroatoms. The predicted octanol–water partition coefficient (Wildman–Crippen LogP) is 0.370. The Bertz CT molecular complexity index is 619. The van der Waals surface area contributed by atoms with Gasteiger partial charge < -0.3 is 25.0 Å². The van der Waals surface area contributed by atoms with Gasteiger partial charge in [-0.1, -0.05) is 0 Å².